The highest BCUT2D eigenvalue weighted by Crippen LogP contribution is 2.19. The van der Waals surface area contributed by atoms with Gasteiger partial charge in [-0.1, -0.05) is 0 Å². The van der Waals surface area contributed by atoms with Gasteiger partial charge in [0.05, 0.1) is 11.3 Å². The number of carbonyl (C=O) groups excluding carboxylic acids is 1. The number of H-pyrrole nitrogens is 1. The third kappa shape index (κ3) is 2.29. The van der Waals surface area contributed by atoms with Gasteiger partial charge in [-0.05, 0) is 24.3 Å². The van der Waals surface area contributed by atoms with Crippen molar-refractivity contribution in [1.82, 2.24) is 10.2 Å². The standard InChI is InChI=1S/C11H10N4O3/c12-6-1-2-8(7(5-6)11(17)18)14-10(16)9-3-4-13-15-9/h1-5H,12H2,(H,13,15)(H,14,16)(H,17,18). The van der Waals surface area contributed by atoms with E-state index in [1.165, 1.54) is 30.5 Å². The number of aromatic carboxylic acids is 1. The summed E-state index contributed by atoms with van der Waals surface area (Å²) in [6.45, 7) is 0. The van der Waals surface area contributed by atoms with Gasteiger partial charge in [-0.3, -0.25) is 9.89 Å². The number of nitrogens with two attached hydrogens (primary N) is 1. The van der Waals surface area contributed by atoms with Crippen molar-refractivity contribution in [2.75, 3.05) is 11.1 Å². The number of aromatic amines is 1. The number of hydrogen-bond donors (Lipinski definition) is 4. The first-order chi connectivity index (χ1) is 8.58. The number of carboxylic acids is 1. The molecule has 0 spiro atoms. The molecule has 0 aliphatic heterocycles. The molecule has 1 amide bonds. The molecule has 2 rings (SSSR count). The molecule has 7 nitrogen and oxygen atoms in total. The van der Waals surface area contributed by atoms with Crippen molar-refractivity contribution >= 4 is 23.3 Å². The van der Waals surface area contributed by atoms with Gasteiger partial charge in [-0.25, -0.2) is 4.79 Å². The van der Waals surface area contributed by atoms with Gasteiger partial charge in [0.15, 0.2) is 0 Å². The minimum Gasteiger partial charge on any atom is -0.478 e. The molecule has 1 aromatic heterocycles. The molecule has 0 saturated carbocycles. The van der Waals surface area contributed by atoms with Crippen LogP contribution in [-0.4, -0.2) is 27.2 Å². The summed E-state index contributed by atoms with van der Waals surface area (Å²) in [5.41, 5.74) is 6.16. The van der Waals surface area contributed by atoms with Crippen LogP contribution in [0.5, 0.6) is 0 Å². The molecule has 5 N–H and O–H groups in total. The Labute approximate surface area is 102 Å². The molecule has 0 atom stereocenters. The number of benzene rings is 1. The van der Waals surface area contributed by atoms with E-state index in [1.807, 2.05) is 0 Å². The van der Waals surface area contributed by atoms with Crippen LogP contribution in [0.4, 0.5) is 11.4 Å². The molecule has 0 bridgehead atoms. The normalized spacial score (nSPS) is 10.0. The lowest BCUT2D eigenvalue weighted by Crippen LogP contribution is -2.15. The van der Waals surface area contributed by atoms with Crippen LogP contribution < -0.4 is 11.1 Å². The molecule has 0 saturated heterocycles. The van der Waals surface area contributed by atoms with Crippen LogP contribution in [0.15, 0.2) is 30.5 Å². The Balaban J connectivity index is 2.29. The Hall–Kier alpha value is -2.83. The van der Waals surface area contributed by atoms with Crippen LogP contribution in [-0.2, 0) is 0 Å². The molecular weight excluding hydrogens is 236 g/mol. The van der Waals surface area contributed by atoms with Crippen LogP contribution in [0.3, 0.4) is 0 Å². The van der Waals surface area contributed by atoms with Crippen LogP contribution in [0.1, 0.15) is 20.8 Å². The van der Waals surface area contributed by atoms with Crippen molar-refractivity contribution in [3.63, 3.8) is 0 Å². The first-order valence-corrected chi connectivity index (χ1v) is 5.01. The molecule has 1 aromatic carbocycles. The van der Waals surface area contributed by atoms with Gasteiger partial charge in [-0.2, -0.15) is 5.10 Å². The topological polar surface area (TPSA) is 121 Å². The highest BCUT2D eigenvalue weighted by molar-refractivity contribution is 6.07. The lowest BCUT2D eigenvalue weighted by atomic mass is 10.1. The van der Waals surface area contributed by atoms with E-state index < -0.39 is 11.9 Å². The second kappa shape index (κ2) is 4.58. The fraction of sp³-hybridized carbons (Fsp3) is 0. The highest BCUT2D eigenvalue weighted by atomic mass is 16.4. The van der Waals surface area contributed by atoms with Crippen molar-refractivity contribution < 1.29 is 14.7 Å². The predicted molar refractivity (Wildman–Crippen MR) is 64.4 cm³/mol. The summed E-state index contributed by atoms with van der Waals surface area (Å²) in [6, 6.07) is 5.71. The average Bonchev–Trinajstić information content (AvgIpc) is 2.84. The van der Waals surface area contributed by atoms with Gasteiger partial charge in [0.2, 0.25) is 0 Å². The number of rotatable bonds is 3. The first-order valence-electron chi connectivity index (χ1n) is 5.01. The number of nitrogens with one attached hydrogen (secondary N) is 2. The number of carbonyl (C=O) groups is 2. The van der Waals surface area contributed by atoms with E-state index in [4.69, 9.17) is 10.8 Å². The molecule has 0 unspecified atom stereocenters. The van der Waals surface area contributed by atoms with Crippen molar-refractivity contribution in [1.29, 1.82) is 0 Å². The zero-order valence-corrected chi connectivity index (χ0v) is 9.18. The van der Waals surface area contributed by atoms with Crippen LogP contribution in [0.25, 0.3) is 0 Å². The van der Waals surface area contributed by atoms with Crippen molar-refractivity contribution in [3.05, 3.63) is 41.7 Å². The van der Waals surface area contributed by atoms with Gasteiger partial charge < -0.3 is 16.2 Å². The quantitative estimate of drug-likeness (QED) is 0.600. The van der Waals surface area contributed by atoms with Gasteiger partial charge >= 0.3 is 5.97 Å². The van der Waals surface area contributed by atoms with Crippen molar-refractivity contribution in [3.8, 4) is 0 Å². The largest absolute Gasteiger partial charge is 0.478 e. The number of hydrogen-bond acceptors (Lipinski definition) is 4. The van der Waals surface area contributed by atoms with Crippen LogP contribution in [0.2, 0.25) is 0 Å². The fourth-order valence-electron chi connectivity index (χ4n) is 1.42. The Morgan fingerprint density at radius 1 is 1.33 bits per heavy atom. The van der Waals surface area contributed by atoms with Gasteiger partial charge in [0.25, 0.3) is 5.91 Å². The summed E-state index contributed by atoms with van der Waals surface area (Å²) in [5.74, 6) is -1.64. The SMILES string of the molecule is Nc1ccc(NC(=O)c2ccn[nH]2)c(C(=O)O)c1. The number of aromatic nitrogens is 2. The Morgan fingerprint density at radius 3 is 2.72 bits per heavy atom. The third-order valence-corrected chi connectivity index (χ3v) is 2.27. The molecule has 0 fully saturated rings. The van der Waals surface area contributed by atoms with Crippen LogP contribution >= 0.6 is 0 Å². The summed E-state index contributed by atoms with van der Waals surface area (Å²) in [4.78, 5) is 22.7. The van der Waals surface area contributed by atoms with E-state index in [2.05, 4.69) is 15.5 Å². The maximum absolute atomic E-state index is 11.7. The van der Waals surface area contributed by atoms with E-state index in [-0.39, 0.29) is 16.9 Å². The second-order valence-corrected chi connectivity index (χ2v) is 3.53. The van der Waals surface area contributed by atoms with E-state index >= 15 is 0 Å². The molecule has 7 heteroatoms. The maximum Gasteiger partial charge on any atom is 0.337 e. The minimum atomic E-state index is -1.16. The fourth-order valence-corrected chi connectivity index (χ4v) is 1.42. The lowest BCUT2D eigenvalue weighted by molar-refractivity contribution is 0.0698. The minimum absolute atomic E-state index is 0.0668. The Bertz CT molecular complexity index is 592. The third-order valence-electron chi connectivity index (χ3n) is 2.27. The predicted octanol–water partition coefficient (Wildman–Crippen LogP) is 0.942. The number of nitrogens with zero attached hydrogens (tertiary/aromatic N) is 1. The Morgan fingerprint density at radius 2 is 2.11 bits per heavy atom. The number of nitrogen functional groups attached to an aromatic ring is 1. The summed E-state index contributed by atoms with van der Waals surface area (Å²) in [6.07, 6.45) is 1.43. The molecule has 92 valence electrons. The average molecular weight is 246 g/mol. The molecule has 0 radical (unpaired) electrons. The van der Waals surface area contributed by atoms with Gasteiger partial charge in [0, 0.05) is 11.9 Å². The zero-order chi connectivity index (χ0) is 13.1. The monoisotopic (exact) mass is 246 g/mol. The smallest absolute Gasteiger partial charge is 0.337 e. The maximum atomic E-state index is 11.7. The van der Waals surface area contributed by atoms with E-state index in [9.17, 15) is 9.59 Å². The number of amides is 1. The second-order valence-electron chi connectivity index (χ2n) is 3.53. The molecule has 18 heavy (non-hydrogen) atoms. The van der Waals surface area contributed by atoms with Crippen molar-refractivity contribution in [2.24, 2.45) is 0 Å². The van der Waals surface area contributed by atoms with Gasteiger partial charge in [-0.15, -0.1) is 0 Å². The van der Waals surface area contributed by atoms with E-state index in [1.54, 1.807) is 0 Å². The summed E-state index contributed by atoms with van der Waals surface area (Å²) in [7, 11) is 0. The Kier molecular flexibility index (Phi) is 2.96. The molecule has 0 aliphatic carbocycles. The molecular formula is C11H10N4O3. The number of carboxylic acid groups (broad SMARTS) is 1. The molecule has 2 aromatic rings. The van der Waals surface area contributed by atoms with E-state index in [0.717, 1.165) is 0 Å². The molecule has 0 aliphatic rings. The summed E-state index contributed by atoms with van der Waals surface area (Å²) >= 11 is 0. The lowest BCUT2D eigenvalue weighted by Gasteiger charge is -2.08. The van der Waals surface area contributed by atoms with Crippen LogP contribution in [0, 0.1) is 0 Å². The van der Waals surface area contributed by atoms with Gasteiger partial charge in [0.1, 0.15) is 5.69 Å². The zero-order valence-electron chi connectivity index (χ0n) is 9.18. The number of anilines is 2. The van der Waals surface area contributed by atoms with E-state index in [0.29, 0.717) is 5.69 Å². The molecule has 1 heterocycles. The first kappa shape index (κ1) is 11.6. The summed E-state index contributed by atoms with van der Waals surface area (Å²) < 4.78 is 0. The van der Waals surface area contributed by atoms with Crippen molar-refractivity contribution in [2.45, 2.75) is 0 Å². The summed E-state index contributed by atoms with van der Waals surface area (Å²) in [5, 5.41) is 17.6. The highest BCUT2D eigenvalue weighted by Gasteiger charge is 2.14.